The molecule has 3 aromatic rings. The van der Waals surface area contributed by atoms with Gasteiger partial charge < -0.3 is 4.74 Å². The summed E-state index contributed by atoms with van der Waals surface area (Å²) in [6, 6.07) is 16.3. The minimum absolute atomic E-state index is 0.217. The molecule has 2 aromatic carbocycles. The van der Waals surface area contributed by atoms with E-state index < -0.39 is 0 Å². The van der Waals surface area contributed by atoms with Crippen LogP contribution >= 0.6 is 11.3 Å². The number of rotatable bonds is 17. The molecule has 6 heteroatoms. The van der Waals surface area contributed by atoms with Crippen LogP contribution in [0.25, 0.3) is 16.6 Å². The highest BCUT2D eigenvalue weighted by molar-refractivity contribution is 7.18. The SMILES string of the molecule is CCCCCCCOc1ccc(-c2nnc(NC(=O)/C=C/c3ccc(CCCCCCC)cc3)s2)cc1. The second kappa shape index (κ2) is 16.7. The Kier molecular flexibility index (Phi) is 12.9. The molecule has 1 amide bonds. The van der Waals surface area contributed by atoms with E-state index in [1.54, 1.807) is 0 Å². The number of anilines is 1. The molecule has 0 aliphatic heterocycles. The Morgan fingerprint density at radius 2 is 1.51 bits per heavy atom. The molecule has 0 fully saturated rings. The van der Waals surface area contributed by atoms with Gasteiger partial charge in [0.15, 0.2) is 0 Å². The number of carbonyl (C=O) groups is 1. The minimum Gasteiger partial charge on any atom is -0.494 e. The van der Waals surface area contributed by atoms with Crippen molar-refractivity contribution in [3.05, 3.63) is 65.7 Å². The first-order valence-corrected chi connectivity index (χ1v) is 14.6. The van der Waals surface area contributed by atoms with E-state index in [-0.39, 0.29) is 5.91 Å². The van der Waals surface area contributed by atoms with E-state index in [4.69, 9.17) is 4.74 Å². The molecule has 0 unspecified atom stereocenters. The van der Waals surface area contributed by atoms with Gasteiger partial charge in [-0.3, -0.25) is 10.1 Å². The van der Waals surface area contributed by atoms with Gasteiger partial charge in [-0.05, 0) is 60.7 Å². The van der Waals surface area contributed by atoms with Crippen LogP contribution in [0.4, 0.5) is 5.13 Å². The fourth-order valence-electron chi connectivity index (χ4n) is 4.03. The molecule has 3 rings (SSSR count). The standard InChI is InChI=1S/C31H41N3O2S/c1-3-5-7-9-11-13-25-14-16-26(17-15-25)18-23-29(35)32-31-34-33-30(37-31)27-19-21-28(22-20-27)36-24-12-10-8-6-4-2/h14-23H,3-13,24H2,1-2H3,(H,32,34,35)/b23-18+. The molecule has 198 valence electrons. The molecule has 0 aliphatic carbocycles. The van der Waals surface area contributed by atoms with Crippen LogP contribution < -0.4 is 10.1 Å². The van der Waals surface area contributed by atoms with Crippen LogP contribution in [0, 0.1) is 0 Å². The highest BCUT2D eigenvalue weighted by atomic mass is 32.1. The van der Waals surface area contributed by atoms with Crippen molar-refractivity contribution in [2.45, 2.75) is 84.5 Å². The predicted octanol–water partition coefficient (Wildman–Crippen LogP) is 8.72. The summed E-state index contributed by atoms with van der Waals surface area (Å²) in [5.74, 6) is 0.646. The molecule has 0 bridgehead atoms. The number of hydrogen-bond acceptors (Lipinski definition) is 5. The van der Waals surface area contributed by atoms with Crippen LogP contribution in [0.15, 0.2) is 54.6 Å². The summed E-state index contributed by atoms with van der Waals surface area (Å²) in [6.07, 6.45) is 17.0. The Labute approximate surface area is 226 Å². The van der Waals surface area contributed by atoms with Gasteiger partial charge in [0, 0.05) is 11.6 Å². The highest BCUT2D eigenvalue weighted by Gasteiger charge is 2.09. The third-order valence-corrected chi connectivity index (χ3v) is 7.14. The van der Waals surface area contributed by atoms with Crippen molar-refractivity contribution < 1.29 is 9.53 Å². The Morgan fingerprint density at radius 3 is 2.22 bits per heavy atom. The largest absolute Gasteiger partial charge is 0.494 e. The predicted molar refractivity (Wildman–Crippen MR) is 156 cm³/mol. The molecule has 0 radical (unpaired) electrons. The molecule has 0 saturated carbocycles. The normalized spacial score (nSPS) is 11.2. The number of carbonyl (C=O) groups excluding carboxylic acids is 1. The summed E-state index contributed by atoms with van der Waals surface area (Å²) >= 11 is 1.36. The molecular formula is C31H41N3O2S. The number of ether oxygens (including phenoxy) is 1. The van der Waals surface area contributed by atoms with Gasteiger partial charge >= 0.3 is 0 Å². The van der Waals surface area contributed by atoms with E-state index in [2.05, 4.69) is 53.6 Å². The zero-order valence-electron chi connectivity index (χ0n) is 22.4. The van der Waals surface area contributed by atoms with Gasteiger partial charge in [0.25, 0.3) is 0 Å². The number of amides is 1. The Bertz CT molecular complexity index is 1070. The molecule has 1 N–H and O–H groups in total. The van der Waals surface area contributed by atoms with Crippen molar-refractivity contribution in [3.63, 3.8) is 0 Å². The molecular weight excluding hydrogens is 478 g/mol. The maximum atomic E-state index is 12.4. The second-order valence-electron chi connectivity index (χ2n) is 9.43. The van der Waals surface area contributed by atoms with Crippen molar-refractivity contribution in [1.82, 2.24) is 10.2 Å². The monoisotopic (exact) mass is 519 g/mol. The van der Waals surface area contributed by atoms with Crippen molar-refractivity contribution in [1.29, 1.82) is 0 Å². The third-order valence-electron chi connectivity index (χ3n) is 6.25. The summed E-state index contributed by atoms with van der Waals surface area (Å²) in [4.78, 5) is 12.4. The maximum absolute atomic E-state index is 12.4. The lowest BCUT2D eigenvalue weighted by Crippen LogP contribution is -2.07. The molecule has 0 aliphatic rings. The number of benzene rings is 2. The van der Waals surface area contributed by atoms with E-state index >= 15 is 0 Å². The first-order chi connectivity index (χ1) is 18.2. The van der Waals surface area contributed by atoms with Gasteiger partial charge in [-0.15, -0.1) is 10.2 Å². The summed E-state index contributed by atoms with van der Waals surface area (Å²) in [6.45, 7) is 5.21. The zero-order chi connectivity index (χ0) is 26.1. The van der Waals surface area contributed by atoms with Crippen LogP contribution in [0.5, 0.6) is 5.75 Å². The maximum Gasteiger partial charge on any atom is 0.250 e. The van der Waals surface area contributed by atoms with Crippen molar-refractivity contribution in [2.24, 2.45) is 0 Å². The fraction of sp³-hybridized carbons (Fsp3) is 0.452. The highest BCUT2D eigenvalue weighted by Crippen LogP contribution is 2.28. The zero-order valence-corrected chi connectivity index (χ0v) is 23.2. The van der Waals surface area contributed by atoms with Crippen LogP contribution in [0.2, 0.25) is 0 Å². The van der Waals surface area contributed by atoms with Crippen molar-refractivity contribution in [3.8, 4) is 16.3 Å². The Balaban J connectivity index is 1.41. The molecule has 1 aromatic heterocycles. The molecule has 0 spiro atoms. The summed E-state index contributed by atoms with van der Waals surface area (Å²) in [5, 5.41) is 12.4. The number of unbranched alkanes of at least 4 members (excludes halogenated alkanes) is 8. The smallest absolute Gasteiger partial charge is 0.250 e. The number of aryl methyl sites for hydroxylation is 1. The average Bonchev–Trinajstić information content (AvgIpc) is 3.38. The number of hydrogen-bond donors (Lipinski definition) is 1. The second-order valence-corrected chi connectivity index (χ2v) is 10.4. The Morgan fingerprint density at radius 1 is 0.838 bits per heavy atom. The first-order valence-electron chi connectivity index (χ1n) is 13.8. The van der Waals surface area contributed by atoms with Crippen molar-refractivity contribution in [2.75, 3.05) is 11.9 Å². The lowest BCUT2D eigenvalue weighted by atomic mass is 10.0. The Hall–Kier alpha value is -2.99. The van der Waals surface area contributed by atoms with E-state index in [1.807, 2.05) is 30.3 Å². The van der Waals surface area contributed by atoms with Gasteiger partial charge in [-0.1, -0.05) is 101 Å². The lowest BCUT2D eigenvalue weighted by Gasteiger charge is -2.06. The quantitative estimate of drug-likeness (QED) is 0.143. The fourth-order valence-corrected chi connectivity index (χ4v) is 4.78. The van der Waals surface area contributed by atoms with Gasteiger partial charge in [0.2, 0.25) is 11.0 Å². The number of nitrogens with one attached hydrogen (secondary N) is 1. The third kappa shape index (κ3) is 10.9. The molecule has 0 atom stereocenters. The van der Waals surface area contributed by atoms with Gasteiger partial charge in [0.1, 0.15) is 10.8 Å². The van der Waals surface area contributed by atoms with E-state index in [9.17, 15) is 4.79 Å². The van der Waals surface area contributed by atoms with Gasteiger partial charge in [0.05, 0.1) is 6.61 Å². The van der Waals surface area contributed by atoms with E-state index in [0.29, 0.717) is 5.13 Å². The van der Waals surface area contributed by atoms with Crippen LogP contribution in [0.1, 0.15) is 89.2 Å². The summed E-state index contributed by atoms with van der Waals surface area (Å²) in [7, 11) is 0. The van der Waals surface area contributed by atoms with Crippen LogP contribution in [-0.4, -0.2) is 22.7 Å². The lowest BCUT2D eigenvalue weighted by molar-refractivity contribution is -0.111. The number of aromatic nitrogens is 2. The average molecular weight is 520 g/mol. The van der Waals surface area contributed by atoms with E-state index in [1.165, 1.54) is 80.8 Å². The molecule has 0 saturated heterocycles. The molecule has 37 heavy (non-hydrogen) atoms. The van der Waals surface area contributed by atoms with Crippen LogP contribution in [0.3, 0.4) is 0 Å². The first kappa shape index (κ1) is 28.6. The topological polar surface area (TPSA) is 64.1 Å². The summed E-state index contributed by atoms with van der Waals surface area (Å²) in [5.41, 5.74) is 3.31. The van der Waals surface area contributed by atoms with Crippen LogP contribution in [-0.2, 0) is 11.2 Å². The number of nitrogens with zero attached hydrogens (tertiary/aromatic N) is 2. The van der Waals surface area contributed by atoms with Crippen molar-refractivity contribution >= 4 is 28.5 Å². The summed E-state index contributed by atoms with van der Waals surface area (Å²) < 4.78 is 5.84. The van der Waals surface area contributed by atoms with Gasteiger partial charge in [-0.25, -0.2) is 0 Å². The van der Waals surface area contributed by atoms with Gasteiger partial charge in [-0.2, -0.15) is 0 Å². The minimum atomic E-state index is -0.217. The van der Waals surface area contributed by atoms with E-state index in [0.717, 1.165) is 41.3 Å². The molecule has 1 heterocycles. The molecule has 5 nitrogen and oxygen atoms in total.